The Kier molecular flexibility index (Phi) is 7.04. The molecule has 0 saturated carbocycles. The standard InChI is InChI=1S/C15H21N3O4/c1-10-4-3-5-12(8-10)18-14(20)9-13(15(21)22)17-7-6-16-11(2)19/h3-5,8,13,17H,6-7,9H2,1-2H3,(H,16,19)(H,18,20)(H,21,22)/t13-/m0/s1. The lowest BCUT2D eigenvalue weighted by atomic mass is 10.2. The minimum atomic E-state index is -1.11. The van der Waals surface area contributed by atoms with E-state index >= 15 is 0 Å². The normalized spacial score (nSPS) is 11.5. The third-order valence-electron chi connectivity index (χ3n) is 2.88. The average Bonchev–Trinajstić information content (AvgIpc) is 2.41. The van der Waals surface area contributed by atoms with Crippen molar-refractivity contribution in [3.8, 4) is 0 Å². The molecule has 1 rings (SSSR count). The minimum Gasteiger partial charge on any atom is -0.480 e. The van der Waals surface area contributed by atoms with E-state index in [1.807, 2.05) is 19.1 Å². The van der Waals surface area contributed by atoms with E-state index < -0.39 is 12.0 Å². The van der Waals surface area contributed by atoms with Gasteiger partial charge in [-0.3, -0.25) is 14.4 Å². The van der Waals surface area contributed by atoms with Gasteiger partial charge in [-0.1, -0.05) is 12.1 Å². The maximum Gasteiger partial charge on any atom is 0.321 e. The molecule has 22 heavy (non-hydrogen) atoms. The number of carbonyl (C=O) groups is 3. The van der Waals surface area contributed by atoms with Gasteiger partial charge in [0.2, 0.25) is 11.8 Å². The van der Waals surface area contributed by atoms with E-state index in [-0.39, 0.29) is 24.8 Å². The van der Waals surface area contributed by atoms with Gasteiger partial charge in [0.25, 0.3) is 0 Å². The summed E-state index contributed by atoms with van der Waals surface area (Å²) in [5.74, 6) is -1.68. The number of aryl methyl sites for hydroxylation is 1. The molecule has 1 atom stereocenters. The molecule has 7 heteroatoms. The Labute approximate surface area is 129 Å². The summed E-state index contributed by atoms with van der Waals surface area (Å²) in [6.45, 7) is 3.86. The molecule has 0 aliphatic heterocycles. The van der Waals surface area contributed by atoms with Gasteiger partial charge in [0.1, 0.15) is 6.04 Å². The summed E-state index contributed by atoms with van der Waals surface area (Å²) in [6.07, 6.45) is -0.191. The van der Waals surface area contributed by atoms with Crippen LogP contribution in [0.1, 0.15) is 18.9 Å². The Bertz CT molecular complexity index is 545. The van der Waals surface area contributed by atoms with Crippen LogP contribution in [0.2, 0.25) is 0 Å². The first-order valence-electron chi connectivity index (χ1n) is 6.95. The number of carbonyl (C=O) groups excluding carboxylic acids is 2. The minimum absolute atomic E-state index is 0.189. The van der Waals surface area contributed by atoms with Crippen molar-refractivity contribution >= 4 is 23.5 Å². The van der Waals surface area contributed by atoms with Gasteiger partial charge < -0.3 is 21.1 Å². The number of aliphatic carboxylic acids is 1. The van der Waals surface area contributed by atoms with Gasteiger partial charge in [0.05, 0.1) is 6.42 Å². The zero-order valence-electron chi connectivity index (χ0n) is 12.7. The van der Waals surface area contributed by atoms with Gasteiger partial charge in [0.15, 0.2) is 0 Å². The molecule has 0 aliphatic rings. The van der Waals surface area contributed by atoms with Crippen molar-refractivity contribution in [2.75, 3.05) is 18.4 Å². The molecular formula is C15H21N3O4. The zero-order valence-corrected chi connectivity index (χ0v) is 12.7. The number of hydrogen-bond donors (Lipinski definition) is 4. The lowest BCUT2D eigenvalue weighted by Gasteiger charge is -2.14. The summed E-state index contributed by atoms with van der Waals surface area (Å²) in [5.41, 5.74) is 1.63. The highest BCUT2D eigenvalue weighted by Crippen LogP contribution is 2.10. The lowest BCUT2D eigenvalue weighted by molar-refractivity contribution is -0.141. The second kappa shape index (κ2) is 8.78. The van der Waals surface area contributed by atoms with E-state index in [9.17, 15) is 14.4 Å². The van der Waals surface area contributed by atoms with Gasteiger partial charge in [-0.2, -0.15) is 0 Å². The number of amides is 2. The molecule has 1 aromatic carbocycles. The van der Waals surface area contributed by atoms with Crippen LogP contribution in [0.3, 0.4) is 0 Å². The largest absolute Gasteiger partial charge is 0.480 e. The summed E-state index contributed by atoms with van der Waals surface area (Å²) >= 11 is 0. The predicted octanol–water partition coefficient (Wildman–Crippen LogP) is 0.503. The molecule has 1 aromatic rings. The van der Waals surface area contributed by atoms with Crippen LogP contribution >= 0.6 is 0 Å². The number of carboxylic acids is 1. The Morgan fingerprint density at radius 3 is 2.55 bits per heavy atom. The fourth-order valence-electron chi connectivity index (χ4n) is 1.85. The van der Waals surface area contributed by atoms with Crippen molar-refractivity contribution in [3.63, 3.8) is 0 Å². The van der Waals surface area contributed by atoms with Gasteiger partial charge in [0, 0.05) is 25.7 Å². The Hall–Kier alpha value is -2.41. The number of nitrogens with one attached hydrogen (secondary N) is 3. The Morgan fingerprint density at radius 2 is 1.95 bits per heavy atom. The fourth-order valence-corrected chi connectivity index (χ4v) is 1.85. The molecule has 7 nitrogen and oxygen atoms in total. The highest BCUT2D eigenvalue weighted by atomic mass is 16.4. The van der Waals surface area contributed by atoms with Crippen LogP contribution in [0.4, 0.5) is 5.69 Å². The van der Waals surface area contributed by atoms with Crippen molar-refractivity contribution in [3.05, 3.63) is 29.8 Å². The smallest absolute Gasteiger partial charge is 0.321 e. The number of carboxylic acid groups (broad SMARTS) is 1. The van der Waals surface area contributed by atoms with E-state index in [2.05, 4.69) is 16.0 Å². The Balaban J connectivity index is 2.46. The lowest BCUT2D eigenvalue weighted by Crippen LogP contribution is -2.43. The average molecular weight is 307 g/mol. The number of anilines is 1. The monoisotopic (exact) mass is 307 g/mol. The van der Waals surface area contributed by atoms with Crippen LogP contribution in [0.15, 0.2) is 24.3 Å². The van der Waals surface area contributed by atoms with Gasteiger partial charge in [-0.25, -0.2) is 0 Å². The highest BCUT2D eigenvalue weighted by Gasteiger charge is 2.20. The van der Waals surface area contributed by atoms with Crippen LogP contribution in [0.25, 0.3) is 0 Å². The van der Waals surface area contributed by atoms with E-state index in [1.165, 1.54) is 6.92 Å². The summed E-state index contributed by atoms with van der Waals surface area (Å²) in [7, 11) is 0. The van der Waals surface area contributed by atoms with Gasteiger partial charge >= 0.3 is 5.97 Å². The number of benzene rings is 1. The predicted molar refractivity (Wildman–Crippen MR) is 82.5 cm³/mol. The molecule has 120 valence electrons. The van der Waals surface area contributed by atoms with Crippen LogP contribution in [-0.2, 0) is 14.4 Å². The first-order valence-corrected chi connectivity index (χ1v) is 6.95. The maximum absolute atomic E-state index is 11.9. The zero-order chi connectivity index (χ0) is 16.5. The molecule has 4 N–H and O–H groups in total. The molecule has 0 unspecified atom stereocenters. The molecule has 0 spiro atoms. The van der Waals surface area contributed by atoms with E-state index in [0.717, 1.165) is 5.56 Å². The topological polar surface area (TPSA) is 108 Å². The van der Waals surface area contributed by atoms with Crippen LogP contribution < -0.4 is 16.0 Å². The number of hydrogen-bond acceptors (Lipinski definition) is 4. The molecule has 0 fully saturated rings. The molecule has 0 saturated heterocycles. The fraction of sp³-hybridized carbons (Fsp3) is 0.400. The summed E-state index contributed by atoms with van der Waals surface area (Å²) in [4.78, 5) is 33.7. The van der Waals surface area contributed by atoms with Crippen LogP contribution in [-0.4, -0.2) is 42.0 Å². The third-order valence-corrected chi connectivity index (χ3v) is 2.88. The van der Waals surface area contributed by atoms with Crippen LogP contribution in [0, 0.1) is 6.92 Å². The summed E-state index contributed by atoms with van der Waals surface area (Å²) in [5, 5.41) is 17.0. The first-order chi connectivity index (χ1) is 10.4. The van der Waals surface area contributed by atoms with Crippen molar-refractivity contribution in [2.45, 2.75) is 26.3 Å². The molecule has 0 aromatic heterocycles. The highest BCUT2D eigenvalue weighted by molar-refractivity contribution is 5.94. The Morgan fingerprint density at radius 1 is 1.23 bits per heavy atom. The SMILES string of the molecule is CC(=O)NCCN[C@@H](CC(=O)Nc1cccc(C)c1)C(=O)O. The second-order valence-corrected chi connectivity index (χ2v) is 4.95. The van der Waals surface area contributed by atoms with E-state index in [1.54, 1.807) is 12.1 Å². The van der Waals surface area contributed by atoms with Gasteiger partial charge in [-0.05, 0) is 24.6 Å². The van der Waals surface area contributed by atoms with Crippen molar-refractivity contribution in [2.24, 2.45) is 0 Å². The molecule has 2 amide bonds. The van der Waals surface area contributed by atoms with E-state index in [0.29, 0.717) is 12.2 Å². The molecule has 0 heterocycles. The first kappa shape index (κ1) is 17.6. The summed E-state index contributed by atoms with van der Waals surface area (Å²) in [6, 6.07) is 6.26. The molecule has 0 aliphatic carbocycles. The van der Waals surface area contributed by atoms with Crippen molar-refractivity contribution < 1.29 is 19.5 Å². The molecular weight excluding hydrogens is 286 g/mol. The van der Waals surface area contributed by atoms with Crippen molar-refractivity contribution in [1.29, 1.82) is 0 Å². The molecule has 0 radical (unpaired) electrons. The van der Waals surface area contributed by atoms with Crippen LogP contribution in [0.5, 0.6) is 0 Å². The summed E-state index contributed by atoms with van der Waals surface area (Å²) < 4.78 is 0. The van der Waals surface area contributed by atoms with Gasteiger partial charge in [-0.15, -0.1) is 0 Å². The van der Waals surface area contributed by atoms with Crippen molar-refractivity contribution in [1.82, 2.24) is 10.6 Å². The number of rotatable bonds is 8. The third kappa shape index (κ3) is 6.85. The second-order valence-electron chi connectivity index (χ2n) is 4.95. The van der Waals surface area contributed by atoms with E-state index in [4.69, 9.17) is 5.11 Å². The molecule has 0 bridgehead atoms. The quantitative estimate of drug-likeness (QED) is 0.523. The maximum atomic E-state index is 11.9.